The van der Waals surface area contributed by atoms with E-state index in [1.807, 2.05) is 54.2 Å². The fraction of sp³-hybridized carbons (Fsp3) is 0.500. The average molecular weight is 343 g/mol. The first-order valence-corrected chi connectivity index (χ1v) is 8.66. The number of nitrogens with zero attached hydrogens (tertiary/aromatic N) is 4. The minimum Gasteiger partial charge on any atom is -0.342 e. The van der Waals surface area contributed by atoms with Crippen molar-refractivity contribution in [2.45, 2.75) is 25.3 Å². The summed E-state index contributed by atoms with van der Waals surface area (Å²) in [6, 6.07) is 9.91. The van der Waals surface area contributed by atoms with E-state index in [4.69, 9.17) is 0 Å². The topological polar surface area (TPSA) is 74.2 Å². The van der Waals surface area contributed by atoms with Gasteiger partial charge in [0.15, 0.2) is 0 Å². The first-order valence-electron chi connectivity index (χ1n) is 8.66. The Balaban J connectivity index is 1.68. The molecule has 1 amide bonds. The predicted molar refractivity (Wildman–Crippen MR) is 95.5 cm³/mol. The third kappa shape index (κ3) is 4.17. The Labute approximate surface area is 147 Å². The van der Waals surface area contributed by atoms with Gasteiger partial charge in [-0.1, -0.05) is 30.3 Å². The van der Waals surface area contributed by atoms with E-state index in [9.17, 15) is 9.59 Å². The largest absolute Gasteiger partial charge is 0.343 e. The van der Waals surface area contributed by atoms with Crippen molar-refractivity contribution in [2.24, 2.45) is 0 Å². The van der Waals surface area contributed by atoms with Crippen molar-refractivity contribution in [1.82, 2.24) is 24.6 Å². The maximum absolute atomic E-state index is 12.2. The molecule has 1 aromatic carbocycles. The predicted octanol–water partition coefficient (Wildman–Crippen LogP) is 0.887. The van der Waals surface area contributed by atoms with Gasteiger partial charge in [-0.3, -0.25) is 9.36 Å². The molecule has 0 radical (unpaired) electrons. The van der Waals surface area contributed by atoms with Crippen LogP contribution in [0.25, 0.3) is 0 Å². The number of amides is 1. The Kier molecular flexibility index (Phi) is 5.33. The van der Waals surface area contributed by atoms with Crippen LogP contribution in [-0.4, -0.2) is 64.2 Å². The molecule has 25 heavy (non-hydrogen) atoms. The molecule has 2 heterocycles. The fourth-order valence-corrected chi connectivity index (χ4v) is 3.32. The minimum absolute atomic E-state index is 0.159. The van der Waals surface area contributed by atoms with Crippen molar-refractivity contribution in [3.05, 3.63) is 52.2 Å². The first-order chi connectivity index (χ1) is 12.0. The molecule has 1 aromatic heterocycles. The highest BCUT2D eigenvalue weighted by Gasteiger charge is 2.27. The highest BCUT2D eigenvalue weighted by atomic mass is 16.2. The summed E-state index contributed by atoms with van der Waals surface area (Å²) in [6.07, 6.45) is 1.66. The summed E-state index contributed by atoms with van der Waals surface area (Å²) in [5.41, 5.74) is 0.899. The Morgan fingerprint density at radius 2 is 1.92 bits per heavy atom. The van der Waals surface area contributed by atoms with Crippen LogP contribution >= 0.6 is 0 Å². The van der Waals surface area contributed by atoms with Crippen molar-refractivity contribution >= 4 is 5.91 Å². The number of aromatic amines is 1. The molecule has 0 aliphatic carbocycles. The van der Waals surface area contributed by atoms with E-state index in [0.29, 0.717) is 26.2 Å². The Morgan fingerprint density at radius 1 is 1.24 bits per heavy atom. The zero-order valence-corrected chi connectivity index (χ0v) is 14.8. The number of rotatable bonds is 5. The van der Waals surface area contributed by atoms with E-state index in [2.05, 4.69) is 10.2 Å². The van der Waals surface area contributed by atoms with Crippen LogP contribution in [0, 0.1) is 0 Å². The summed E-state index contributed by atoms with van der Waals surface area (Å²) in [5.74, 6) is 1.16. The monoisotopic (exact) mass is 343 g/mol. The Morgan fingerprint density at radius 3 is 2.56 bits per heavy atom. The van der Waals surface area contributed by atoms with Gasteiger partial charge in [-0.05, 0) is 32.5 Å². The van der Waals surface area contributed by atoms with Gasteiger partial charge in [0.05, 0.1) is 13.1 Å². The van der Waals surface area contributed by atoms with Crippen molar-refractivity contribution in [3.8, 4) is 0 Å². The average Bonchev–Trinajstić information content (AvgIpc) is 2.96. The van der Waals surface area contributed by atoms with Crippen LogP contribution in [0.2, 0.25) is 0 Å². The van der Waals surface area contributed by atoms with Crippen molar-refractivity contribution in [2.75, 3.05) is 33.7 Å². The fourth-order valence-electron chi connectivity index (χ4n) is 3.32. The lowest BCUT2D eigenvalue weighted by Gasteiger charge is -2.32. The van der Waals surface area contributed by atoms with Gasteiger partial charge in [0.25, 0.3) is 0 Å². The molecule has 1 N–H and O–H groups in total. The minimum atomic E-state index is -0.176. The maximum atomic E-state index is 12.2. The summed E-state index contributed by atoms with van der Waals surface area (Å²) in [7, 11) is 3.80. The molecule has 0 bridgehead atoms. The van der Waals surface area contributed by atoms with Gasteiger partial charge < -0.3 is 9.80 Å². The highest BCUT2D eigenvalue weighted by molar-refractivity contribution is 5.78. The summed E-state index contributed by atoms with van der Waals surface area (Å²) >= 11 is 0. The number of hydrogen-bond donors (Lipinski definition) is 1. The van der Waals surface area contributed by atoms with Crippen LogP contribution in [-0.2, 0) is 11.3 Å². The van der Waals surface area contributed by atoms with Crippen LogP contribution in [0.4, 0.5) is 0 Å². The molecule has 0 saturated carbocycles. The third-order valence-electron chi connectivity index (χ3n) is 4.64. The number of likely N-dealkylation sites (tertiary alicyclic amines) is 1. The number of nitrogens with one attached hydrogen (secondary N) is 1. The van der Waals surface area contributed by atoms with E-state index >= 15 is 0 Å². The van der Waals surface area contributed by atoms with Gasteiger partial charge in [0, 0.05) is 19.0 Å². The van der Waals surface area contributed by atoms with E-state index in [0.717, 1.165) is 24.2 Å². The number of aromatic nitrogens is 3. The molecule has 1 fully saturated rings. The lowest BCUT2D eigenvalue weighted by molar-refractivity contribution is -0.132. The number of likely N-dealkylation sites (N-methyl/N-ethyl adjacent to an activating group) is 1. The van der Waals surface area contributed by atoms with Crippen molar-refractivity contribution in [3.63, 3.8) is 0 Å². The molecule has 0 atom stereocenters. The number of carbonyl (C=O) groups is 1. The maximum Gasteiger partial charge on any atom is 0.343 e. The summed E-state index contributed by atoms with van der Waals surface area (Å²) < 4.78 is 1.72. The van der Waals surface area contributed by atoms with E-state index in [-0.39, 0.29) is 17.5 Å². The van der Waals surface area contributed by atoms with Gasteiger partial charge in [0.1, 0.15) is 5.82 Å². The zero-order chi connectivity index (χ0) is 17.8. The quantitative estimate of drug-likeness (QED) is 0.875. The highest BCUT2D eigenvalue weighted by Crippen LogP contribution is 2.26. The number of piperidine rings is 1. The molecule has 0 spiro atoms. The normalized spacial score (nSPS) is 15.7. The second-order valence-electron chi connectivity index (χ2n) is 6.85. The molecule has 134 valence electrons. The van der Waals surface area contributed by atoms with E-state index < -0.39 is 0 Å². The lowest BCUT2D eigenvalue weighted by Crippen LogP contribution is -2.42. The van der Waals surface area contributed by atoms with Crippen LogP contribution in [0.3, 0.4) is 0 Å². The van der Waals surface area contributed by atoms with Crippen molar-refractivity contribution < 1.29 is 4.79 Å². The Hall–Kier alpha value is -2.41. The first kappa shape index (κ1) is 17.4. The summed E-state index contributed by atoms with van der Waals surface area (Å²) in [4.78, 5) is 28.1. The molecule has 2 aromatic rings. The molecule has 1 aliphatic rings. The van der Waals surface area contributed by atoms with E-state index in [1.54, 1.807) is 4.57 Å². The number of carbonyl (C=O) groups excluding carboxylic acids is 1. The number of H-pyrrole nitrogens is 1. The van der Waals surface area contributed by atoms with Gasteiger partial charge in [-0.15, -0.1) is 0 Å². The Bertz CT molecular complexity index is 757. The van der Waals surface area contributed by atoms with Crippen LogP contribution in [0.5, 0.6) is 0 Å². The molecule has 1 aliphatic heterocycles. The molecule has 3 rings (SSSR count). The number of hydrogen-bond acceptors (Lipinski definition) is 4. The summed E-state index contributed by atoms with van der Waals surface area (Å²) in [5, 5.41) is 6.85. The van der Waals surface area contributed by atoms with Gasteiger partial charge in [-0.2, -0.15) is 5.10 Å². The third-order valence-corrected chi connectivity index (χ3v) is 4.64. The van der Waals surface area contributed by atoms with E-state index in [1.165, 1.54) is 0 Å². The van der Waals surface area contributed by atoms with Gasteiger partial charge >= 0.3 is 5.69 Å². The van der Waals surface area contributed by atoms with Crippen molar-refractivity contribution in [1.29, 1.82) is 0 Å². The smallest absolute Gasteiger partial charge is 0.342 e. The standard InChI is InChI=1S/C18H25N5O2/c1-21(2)13-16(24)22-10-8-15(9-11-22)17-19-20-18(25)23(17)12-14-6-4-3-5-7-14/h3-7,15H,8-13H2,1-2H3,(H,20,25). The SMILES string of the molecule is CN(C)CC(=O)N1CCC(c2n[nH]c(=O)n2Cc2ccccc2)CC1. The van der Waals surface area contributed by atoms with Crippen LogP contribution in [0.1, 0.15) is 30.1 Å². The zero-order valence-electron chi connectivity index (χ0n) is 14.8. The lowest BCUT2D eigenvalue weighted by atomic mass is 9.95. The molecular weight excluding hydrogens is 318 g/mol. The summed E-state index contributed by atoms with van der Waals surface area (Å²) in [6.45, 7) is 2.38. The molecule has 0 unspecified atom stereocenters. The molecule has 1 saturated heterocycles. The van der Waals surface area contributed by atoms with Crippen LogP contribution in [0.15, 0.2) is 35.1 Å². The van der Waals surface area contributed by atoms with Gasteiger partial charge in [-0.25, -0.2) is 9.89 Å². The molecule has 7 nitrogen and oxygen atoms in total. The molecular formula is C18H25N5O2. The number of benzene rings is 1. The second-order valence-corrected chi connectivity index (χ2v) is 6.85. The van der Waals surface area contributed by atoms with Gasteiger partial charge in [0.2, 0.25) is 5.91 Å². The second kappa shape index (κ2) is 7.65. The molecule has 7 heteroatoms. The van der Waals surface area contributed by atoms with Crippen LogP contribution < -0.4 is 5.69 Å².